The number of amides is 1. The zero-order chi connectivity index (χ0) is 25.1. The highest BCUT2D eigenvalue weighted by Gasteiger charge is 2.43. The molecule has 6 N–H and O–H groups in total. The fourth-order valence-electron chi connectivity index (χ4n) is 4.12. The van der Waals surface area contributed by atoms with Crippen LogP contribution in [0.5, 0.6) is 0 Å². The van der Waals surface area contributed by atoms with Gasteiger partial charge in [-0.2, -0.15) is 5.21 Å². The van der Waals surface area contributed by atoms with Crippen molar-refractivity contribution in [1.82, 2.24) is 35.5 Å². The van der Waals surface area contributed by atoms with Crippen LogP contribution >= 0.6 is 0 Å². The minimum Gasteiger partial charge on any atom is -0.369 e. The van der Waals surface area contributed by atoms with E-state index >= 15 is 0 Å². The number of H-pyrrole nitrogens is 2. The van der Waals surface area contributed by atoms with Crippen molar-refractivity contribution in [3.63, 3.8) is 0 Å². The number of aromatic nitrogens is 6. The molecule has 1 aliphatic heterocycles. The molecule has 5 rings (SSSR count). The lowest BCUT2D eigenvalue weighted by Gasteiger charge is -2.38. The van der Waals surface area contributed by atoms with Gasteiger partial charge < -0.3 is 15.6 Å². The number of nitrogens with one attached hydrogen (secondary N) is 2. The van der Waals surface area contributed by atoms with E-state index < -0.39 is 34.9 Å². The number of hydrogen-bond donors (Lipinski definition) is 4. The van der Waals surface area contributed by atoms with Gasteiger partial charge in [0.2, 0.25) is 21.8 Å². The van der Waals surface area contributed by atoms with E-state index in [1.54, 1.807) is 18.2 Å². The molecule has 1 amide bonds. The van der Waals surface area contributed by atoms with Gasteiger partial charge in [-0.05, 0) is 22.9 Å². The molecule has 14 nitrogen and oxygen atoms in total. The van der Waals surface area contributed by atoms with Crippen LogP contribution in [0.2, 0.25) is 0 Å². The highest BCUT2D eigenvalue weighted by molar-refractivity contribution is 7.94. The van der Waals surface area contributed by atoms with Crippen LogP contribution in [0.4, 0.5) is 5.95 Å². The first-order valence-corrected chi connectivity index (χ1v) is 13.3. The molecule has 35 heavy (non-hydrogen) atoms. The van der Waals surface area contributed by atoms with E-state index in [1.807, 2.05) is 0 Å². The Labute approximate surface area is 198 Å². The largest absolute Gasteiger partial charge is 0.369 e. The van der Waals surface area contributed by atoms with Crippen molar-refractivity contribution in [3.8, 4) is 22.5 Å². The number of sulfone groups is 1. The number of tetrazole rings is 1. The van der Waals surface area contributed by atoms with Gasteiger partial charge in [-0.25, -0.2) is 27.0 Å². The Kier molecular flexibility index (Phi) is 5.11. The van der Waals surface area contributed by atoms with Gasteiger partial charge in [-0.1, -0.05) is 18.2 Å². The maximum absolute atomic E-state index is 13.5. The summed E-state index contributed by atoms with van der Waals surface area (Å²) in [4.78, 5) is 18.9. The van der Waals surface area contributed by atoms with Gasteiger partial charge in [0.25, 0.3) is 0 Å². The molecule has 2 aromatic carbocycles. The third-order valence-electron chi connectivity index (χ3n) is 5.83. The van der Waals surface area contributed by atoms with Crippen LogP contribution in [0.15, 0.2) is 40.1 Å². The highest BCUT2D eigenvalue weighted by Crippen LogP contribution is 2.42. The minimum atomic E-state index is -4.63. The highest BCUT2D eigenvalue weighted by atomic mass is 32.2. The maximum Gasteiger partial charge on any atom is 0.240 e. The van der Waals surface area contributed by atoms with Crippen LogP contribution in [-0.2, 0) is 24.7 Å². The molecule has 2 aromatic heterocycles. The first-order valence-electron chi connectivity index (χ1n) is 10.2. The number of carbonyl (C=O) groups is 1. The Hall–Kier alpha value is -3.89. The summed E-state index contributed by atoms with van der Waals surface area (Å²) < 4.78 is 52.7. The molecule has 0 atom stereocenters. The number of carbonyl (C=O) groups excluding carboxylic acids is 1. The van der Waals surface area contributed by atoms with Gasteiger partial charge in [0, 0.05) is 25.6 Å². The molecule has 0 saturated carbocycles. The second-order valence-electron chi connectivity index (χ2n) is 8.01. The molecule has 4 aromatic rings. The van der Waals surface area contributed by atoms with E-state index in [1.165, 1.54) is 24.0 Å². The van der Waals surface area contributed by atoms with Crippen molar-refractivity contribution < 1.29 is 21.6 Å². The Morgan fingerprint density at radius 1 is 1.11 bits per heavy atom. The standard InChI is InChI=1S/C19H19N9O5S2/c1-9(29)28-7-10(8-28)34(30,31)14-6-5-11(12-3-2-4-13-16(12)23-19(20)22-13)15(17(14)35(21,32)33)18-24-26-27-25-18/h2-6,10H,7-8H2,1H3,(H3,20,22,23)(H2,21,32,33)(H,24,25,26,27). The maximum atomic E-state index is 13.5. The molecular formula is C19H19N9O5S2. The smallest absolute Gasteiger partial charge is 0.240 e. The topological polar surface area (TPSA) is 224 Å². The number of nitrogen functional groups attached to an aromatic ring is 1. The van der Waals surface area contributed by atoms with E-state index in [4.69, 9.17) is 10.9 Å². The number of hydrogen-bond acceptors (Lipinski definition) is 10. The van der Waals surface area contributed by atoms with Crippen LogP contribution in [-0.4, -0.2) is 76.6 Å². The number of nitrogens with two attached hydrogens (primary N) is 2. The Morgan fingerprint density at radius 3 is 2.49 bits per heavy atom. The van der Waals surface area contributed by atoms with E-state index in [0.717, 1.165) is 0 Å². The molecule has 3 heterocycles. The van der Waals surface area contributed by atoms with Crippen LogP contribution in [0, 0.1) is 0 Å². The fourth-order valence-corrected chi connectivity index (χ4v) is 7.38. The Morgan fingerprint density at radius 2 is 1.86 bits per heavy atom. The number of primary sulfonamides is 1. The van der Waals surface area contributed by atoms with Gasteiger partial charge in [-0.15, -0.1) is 10.2 Å². The molecule has 0 spiro atoms. The van der Waals surface area contributed by atoms with Crippen LogP contribution in [0.3, 0.4) is 0 Å². The number of aromatic amines is 2. The molecule has 0 aliphatic carbocycles. The second kappa shape index (κ2) is 7.82. The SMILES string of the molecule is CC(=O)N1CC(S(=O)(=O)c2ccc(-c3cccc4[nH]c(N)nc34)c(-c3nn[nH]n3)c2S(N)(=O)=O)C1. The lowest BCUT2D eigenvalue weighted by molar-refractivity contribution is -0.131. The zero-order valence-electron chi connectivity index (χ0n) is 18.1. The van der Waals surface area contributed by atoms with Crippen molar-refractivity contribution in [2.75, 3.05) is 18.8 Å². The number of sulfonamides is 1. The van der Waals surface area contributed by atoms with Crippen molar-refractivity contribution >= 4 is 42.7 Å². The summed E-state index contributed by atoms with van der Waals surface area (Å²) in [5.74, 6) is -0.322. The number of likely N-dealkylation sites (tertiary alicyclic amines) is 1. The predicted molar refractivity (Wildman–Crippen MR) is 124 cm³/mol. The van der Waals surface area contributed by atoms with Crippen LogP contribution in [0.1, 0.15) is 6.92 Å². The molecule has 0 bridgehead atoms. The van der Waals surface area contributed by atoms with E-state index in [0.29, 0.717) is 16.6 Å². The summed E-state index contributed by atoms with van der Waals surface area (Å²) in [6, 6.07) is 7.71. The number of rotatable bonds is 5. The molecular weight excluding hydrogens is 498 g/mol. The van der Waals surface area contributed by atoms with Gasteiger partial charge in [0.1, 0.15) is 10.1 Å². The monoisotopic (exact) mass is 517 g/mol. The summed E-state index contributed by atoms with van der Waals surface area (Å²) >= 11 is 0. The summed E-state index contributed by atoms with van der Waals surface area (Å²) in [5.41, 5.74) is 7.34. The number of benzene rings is 2. The fraction of sp³-hybridized carbons (Fsp3) is 0.211. The number of fused-ring (bicyclic) bond motifs is 1. The van der Waals surface area contributed by atoms with Gasteiger partial charge in [0.15, 0.2) is 15.8 Å². The molecule has 1 aliphatic rings. The average Bonchev–Trinajstić information content (AvgIpc) is 3.39. The van der Waals surface area contributed by atoms with Crippen LogP contribution < -0.4 is 10.9 Å². The molecule has 0 radical (unpaired) electrons. The first-order chi connectivity index (χ1) is 16.5. The third kappa shape index (κ3) is 3.71. The minimum absolute atomic E-state index is 0.0626. The molecule has 182 valence electrons. The average molecular weight is 518 g/mol. The van der Waals surface area contributed by atoms with Crippen LogP contribution in [0.25, 0.3) is 33.5 Å². The third-order valence-corrected chi connectivity index (χ3v) is 9.09. The Bertz CT molecular complexity index is 1690. The summed E-state index contributed by atoms with van der Waals surface area (Å²) in [7, 11) is -8.85. The summed E-state index contributed by atoms with van der Waals surface area (Å²) in [5, 5.41) is 18.1. The number of anilines is 1. The number of imidazole rings is 1. The lowest BCUT2D eigenvalue weighted by atomic mass is 9.98. The van der Waals surface area contributed by atoms with Crippen molar-refractivity contribution in [1.29, 1.82) is 0 Å². The quantitative estimate of drug-likeness (QED) is 0.269. The number of para-hydroxylation sites is 1. The predicted octanol–water partition coefficient (Wildman–Crippen LogP) is -0.356. The van der Waals surface area contributed by atoms with Gasteiger partial charge >= 0.3 is 0 Å². The van der Waals surface area contributed by atoms with E-state index in [-0.39, 0.29) is 41.9 Å². The Balaban J connectivity index is 1.81. The summed E-state index contributed by atoms with van der Waals surface area (Å²) in [6.07, 6.45) is 0. The number of nitrogens with zero attached hydrogens (tertiary/aromatic N) is 5. The zero-order valence-corrected chi connectivity index (χ0v) is 19.8. The summed E-state index contributed by atoms with van der Waals surface area (Å²) in [6.45, 7) is 1.20. The molecule has 1 saturated heterocycles. The van der Waals surface area contributed by atoms with E-state index in [9.17, 15) is 21.6 Å². The van der Waals surface area contributed by atoms with Crippen molar-refractivity contribution in [2.24, 2.45) is 5.14 Å². The van der Waals surface area contributed by atoms with Crippen molar-refractivity contribution in [2.45, 2.75) is 22.0 Å². The van der Waals surface area contributed by atoms with Crippen molar-refractivity contribution in [3.05, 3.63) is 30.3 Å². The lowest BCUT2D eigenvalue weighted by Crippen LogP contribution is -2.56. The molecule has 1 fully saturated rings. The van der Waals surface area contributed by atoms with Gasteiger partial charge in [0.05, 0.1) is 21.5 Å². The molecule has 16 heteroatoms. The second-order valence-corrected chi connectivity index (χ2v) is 11.7. The van der Waals surface area contributed by atoms with E-state index in [2.05, 4.69) is 30.6 Å². The van der Waals surface area contributed by atoms with Gasteiger partial charge in [-0.3, -0.25) is 4.79 Å². The normalized spacial score (nSPS) is 14.9. The molecule has 0 unspecified atom stereocenters. The first kappa shape index (κ1) is 22.9.